The van der Waals surface area contributed by atoms with Crippen LogP contribution in [0.3, 0.4) is 0 Å². The van der Waals surface area contributed by atoms with Gasteiger partial charge < -0.3 is 5.32 Å². The van der Waals surface area contributed by atoms with E-state index in [0.29, 0.717) is 18.5 Å². The van der Waals surface area contributed by atoms with Crippen molar-refractivity contribution in [1.82, 2.24) is 5.32 Å². The van der Waals surface area contributed by atoms with E-state index in [1.807, 2.05) is 0 Å². The monoisotopic (exact) mass is 261 g/mol. The number of halogens is 2. The summed E-state index contributed by atoms with van der Waals surface area (Å²) in [5.41, 5.74) is 0.605. The van der Waals surface area contributed by atoms with E-state index in [1.165, 1.54) is 6.07 Å². The summed E-state index contributed by atoms with van der Waals surface area (Å²) in [5.74, 6) is -1.44. The van der Waals surface area contributed by atoms with Crippen LogP contribution in [0.25, 0.3) is 0 Å². The molecule has 6 heteroatoms. The second kappa shape index (κ2) is 4.70. The van der Waals surface area contributed by atoms with Crippen molar-refractivity contribution < 1.29 is 17.2 Å². The van der Waals surface area contributed by atoms with Crippen LogP contribution in [0.1, 0.15) is 12.0 Å². The average molecular weight is 261 g/mol. The molecule has 1 aromatic rings. The van der Waals surface area contributed by atoms with Crippen LogP contribution in [0, 0.1) is 11.6 Å². The van der Waals surface area contributed by atoms with Gasteiger partial charge in [0.05, 0.1) is 11.5 Å². The van der Waals surface area contributed by atoms with Crippen molar-refractivity contribution in [3.8, 4) is 0 Å². The van der Waals surface area contributed by atoms with Gasteiger partial charge in [-0.15, -0.1) is 0 Å². The second-order valence-corrected chi connectivity index (χ2v) is 6.46. The Morgan fingerprint density at radius 1 is 1.29 bits per heavy atom. The molecule has 1 aliphatic rings. The van der Waals surface area contributed by atoms with Crippen molar-refractivity contribution in [3.05, 3.63) is 35.4 Å². The van der Waals surface area contributed by atoms with E-state index in [0.717, 1.165) is 12.1 Å². The number of sulfone groups is 1. The smallest absolute Gasteiger partial charge is 0.159 e. The topological polar surface area (TPSA) is 46.2 Å². The highest BCUT2D eigenvalue weighted by atomic mass is 32.2. The van der Waals surface area contributed by atoms with Crippen LogP contribution in [-0.4, -0.2) is 26.0 Å². The summed E-state index contributed by atoms with van der Waals surface area (Å²) in [6.07, 6.45) is 0.575. The summed E-state index contributed by atoms with van der Waals surface area (Å²) in [5, 5.41) is 3.03. The Hall–Kier alpha value is -1.01. The molecule has 94 valence electrons. The summed E-state index contributed by atoms with van der Waals surface area (Å²) >= 11 is 0. The predicted molar refractivity (Wildman–Crippen MR) is 60.3 cm³/mol. The zero-order valence-electron chi connectivity index (χ0n) is 9.12. The van der Waals surface area contributed by atoms with Gasteiger partial charge in [-0.2, -0.15) is 0 Å². The molecule has 0 amide bonds. The second-order valence-electron chi connectivity index (χ2n) is 4.23. The van der Waals surface area contributed by atoms with Crippen LogP contribution < -0.4 is 5.32 Å². The van der Waals surface area contributed by atoms with E-state index in [4.69, 9.17) is 0 Å². The third-order valence-corrected chi connectivity index (χ3v) is 4.58. The molecule has 0 radical (unpaired) electrons. The minimum absolute atomic E-state index is 0.0897. The molecule has 1 saturated heterocycles. The van der Waals surface area contributed by atoms with Gasteiger partial charge in [-0.1, -0.05) is 6.07 Å². The summed E-state index contributed by atoms with van der Waals surface area (Å²) < 4.78 is 48.0. The molecule has 1 aromatic carbocycles. The van der Waals surface area contributed by atoms with E-state index in [2.05, 4.69) is 5.32 Å². The Morgan fingerprint density at radius 3 is 2.65 bits per heavy atom. The molecule has 1 atom stereocenters. The maximum absolute atomic E-state index is 12.9. The molecule has 1 heterocycles. The van der Waals surface area contributed by atoms with Gasteiger partial charge in [0, 0.05) is 12.6 Å². The number of rotatable bonds is 3. The largest absolute Gasteiger partial charge is 0.309 e. The first-order valence-electron chi connectivity index (χ1n) is 5.34. The van der Waals surface area contributed by atoms with Gasteiger partial charge in [0.1, 0.15) is 0 Å². The molecule has 0 bridgehead atoms. The SMILES string of the molecule is O=S1(=O)CCC(NCc2ccc(F)c(F)c2)C1. The summed E-state index contributed by atoms with van der Waals surface area (Å²) in [6, 6.07) is 3.58. The molecule has 0 aliphatic carbocycles. The summed E-state index contributed by atoms with van der Waals surface area (Å²) in [4.78, 5) is 0. The van der Waals surface area contributed by atoms with E-state index >= 15 is 0 Å². The van der Waals surface area contributed by atoms with Gasteiger partial charge in [0.25, 0.3) is 0 Å². The minimum atomic E-state index is -2.91. The molecule has 0 saturated carbocycles. The number of hydrogen-bond acceptors (Lipinski definition) is 3. The van der Waals surface area contributed by atoms with Crippen molar-refractivity contribution in [2.45, 2.75) is 19.0 Å². The highest BCUT2D eigenvalue weighted by Gasteiger charge is 2.27. The fourth-order valence-electron chi connectivity index (χ4n) is 1.87. The van der Waals surface area contributed by atoms with Crippen LogP contribution in [0.4, 0.5) is 8.78 Å². The maximum atomic E-state index is 12.9. The van der Waals surface area contributed by atoms with Gasteiger partial charge >= 0.3 is 0 Å². The third-order valence-electron chi connectivity index (χ3n) is 2.81. The van der Waals surface area contributed by atoms with Crippen LogP contribution in [0.5, 0.6) is 0 Å². The normalized spacial score (nSPS) is 22.8. The summed E-state index contributed by atoms with van der Waals surface area (Å²) in [7, 11) is -2.91. The number of hydrogen-bond donors (Lipinski definition) is 1. The van der Waals surface area contributed by atoms with Gasteiger partial charge in [-0.3, -0.25) is 0 Å². The fourth-order valence-corrected chi connectivity index (χ4v) is 3.58. The van der Waals surface area contributed by atoms with Gasteiger partial charge in [0.2, 0.25) is 0 Å². The molecule has 0 spiro atoms. The van der Waals surface area contributed by atoms with Crippen LogP contribution in [0.15, 0.2) is 18.2 Å². The Labute approximate surface area is 98.8 Å². The Bertz CT molecular complexity index is 516. The molecule has 1 unspecified atom stereocenters. The first-order chi connectivity index (χ1) is 7.96. The lowest BCUT2D eigenvalue weighted by Crippen LogP contribution is -2.29. The lowest BCUT2D eigenvalue weighted by Gasteiger charge is -2.10. The van der Waals surface area contributed by atoms with Crippen molar-refractivity contribution in [3.63, 3.8) is 0 Å². The lowest BCUT2D eigenvalue weighted by molar-refractivity contribution is 0.503. The first-order valence-corrected chi connectivity index (χ1v) is 7.16. The number of benzene rings is 1. The molecule has 1 fully saturated rings. The third kappa shape index (κ3) is 3.23. The van der Waals surface area contributed by atoms with E-state index in [-0.39, 0.29) is 17.5 Å². The van der Waals surface area contributed by atoms with Gasteiger partial charge in [-0.25, -0.2) is 17.2 Å². The minimum Gasteiger partial charge on any atom is -0.309 e. The average Bonchev–Trinajstić information content (AvgIpc) is 2.60. The van der Waals surface area contributed by atoms with Gasteiger partial charge in [-0.05, 0) is 24.1 Å². The maximum Gasteiger partial charge on any atom is 0.159 e. The quantitative estimate of drug-likeness (QED) is 0.890. The molecular formula is C11H13F2NO2S. The molecule has 17 heavy (non-hydrogen) atoms. The van der Waals surface area contributed by atoms with E-state index in [1.54, 1.807) is 0 Å². The number of nitrogens with one attached hydrogen (secondary N) is 1. The van der Waals surface area contributed by atoms with Crippen LogP contribution >= 0.6 is 0 Å². The standard InChI is InChI=1S/C11H13F2NO2S/c12-10-2-1-8(5-11(10)13)6-14-9-3-4-17(15,16)7-9/h1-2,5,9,14H,3-4,6-7H2. The van der Waals surface area contributed by atoms with Crippen molar-refractivity contribution >= 4 is 9.84 Å². The Morgan fingerprint density at radius 2 is 2.06 bits per heavy atom. The van der Waals surface area contributed by atoms with Crippen LogP contribution in [0.2, 0.25) is 0 Å². The molecule has 2 rings (SSSR count). The van der Waals surface area contributed by atoms with Crippen molar-refractivity contribution in [2.75, 3.05) is 11.5 Å². The highest BCUT2D eigenvalue weighted by Crippen LogP contribution is 2.13. The van der Waals surface area contributed by atoms with Gasteiger partial charge in [0.15, 0.2) is 21.5 Å². The Balaban J connectivity index is 1.92. The fraction of sp³-hybridized carbons (Fsp3) is 0.455. The lowest BCUT2D eigenvalue weighted by atomic mass is 10.2. The van der Waals surface area contributed by atoms with E-state index < -0.39 is 21.5 Å². The zero-order valence-corrected chi connectivity index (χ0v) is 9.93. The van der Waals surface area contributed by atoms with Crippen molar-refractivity contribution in [2.24, 2.45) is 0 Å². The highest BCUT2D eigenvalue weighted by molar-refractivity contribution is 7.91. The van der Waals surface area contributed by atoms with Crippen molar-refractivity contribution in [1.29, 1.82) is 0 Å². The summed E-state index contributed by atoms with van der Waals surface area (Å²) in [6.45, 7) is 0.345. The first kappa shape index (κ1) is 12.4. The zero-order chi connectivity index (χ0) is 12.5. The molecule has 1 N–H and O–H groups in total. The molecule has 0 aromatic heterocycles. The van der Waals surface area contributed by atoms with E-state index in [9.17, 15) is 17.2 Å². The Kier molecular flexibility index (Phi) is 3.44. The molecular weight excluding hydrogens is 248 g/mol. The molecule has 3 nitrogen and oxygen atoms in total. The predicted octanol–water partition coefficient (Wildman–Crippen LogP) is 1.24. The molecule has 1 aliphatic heterocycles. The van der Waals surface area contributed by atoms with Crippen LogP contribution in [-0.2, 0) is 16.4 Å².